The maximum Gasteiger partial charge on any atom is 0.405 e. The van der Waals surface area contributed by atoms with Crippen LogP contribution in [0.1, 0.15) is 11.1 Å². The number of nitrogens with two attached hydrogens (primary N) is 1. The van der Waals surface area contributed by atoms with Crippen LogP contribution >= 0.6 is 23.2 Å². The zero-order valence-electron chi connectivity index (χ0n) is 11.9. The van der Waals surface area contributed by atoms with Crippen molar-refractivity contribution in [1.82, 2.24) is 0 Å². The van der Waals surface area contributed by atoms with Crippen LogP contribution in [-0.2, 0) is 17.6 Å². The number of hydrogen-bond donors (Lipinski definition) is 1. The average molecular weight is 338 g/mol. The van der Waals surface area contributed by atoms with Crippen molar-refractivity contribution in [2.75, 3.05) is 0 Å². The van der Waals surface area contributed by atoms with Crippen LogP contribution in [0.25, 0.3) is 0 Å². The van der Waals surface area contributed by atoms with E-state index in [1.807, 2.05) is 60.7 Å². The monoisotopic (exact) mass is 337 g/mol. The fourth-order valence-electron chi connectivity index (χ4n) is 2.42. The van der Waals surface area contributed by atoms with E-state index in [1.54, 1.807) is 0 Å². The minimum absolute atomic E-state index is 0.378. The van der Waals surface area contributed by atoms with Crippen LogP contribution in [0, 0.1) is 0 Å². The van der Waals surface area contributed by atoms with Gasteiger partial charge in [0.1, 0.15) is 4.84 Å². The van der Waals surface area contributed by atoms with Crippen LogP contribution in [-0.4, -0.2) is 16.5 Å². The molecule has 0 atom stereocenters. The first kappa shape index (κ1) is 16.7. The Hall–Kier alpha value is -1.71. The summed E-state index contributed by atoms with van der Waals surface area (Å²) >= 11 is 12.4. The molecule has 0 unspecified atom stereocenters. The Morgan fingerprint density at radius 3 is 1.68 bits per heavy atom. The predicted molar refractivity (Wildman–Crippen MR) is 89.2 cm³/mol. The Labute approximate surface area is 140 Å². The van der Waals surface area contributed by atoms with Gasteiger partial charge in [0.2, 0.25) is 0 Å². The van der Waals surface area contributed by atoms with Crippen molar-refractivity contribution in [1.29, 1.82) is 0 Å². The molecule has 2 aromatic carbocycles. The highest BCUT2D eigenvalue weighted by Gasteiger charge is 2.41. The second-order valence-electron chi connectivity index (χ2n) is 5.11. The maximum atomic E-state index is 11.4. The van der Waals surface area contributed by atoms with Crippen LogP contribution in [0.4, 0.5) is 4.79 Å². The van der Waals surface area contributed by atoms with Crippen molar-refractivity contribution in [3.05, 3.63) is 71.8 Å². The average Bonchev–Trinajstić information content (AvgIpc) is 2.48. The number of halogens is 2. The first-order valence-corrected chi connectivity index (χ1v) is 7.73. The molecule has 0 saturated heterocycles. The number of carbonyl (C=O) groups is 1. The topological polar surface area (TPSA) is 52.3 Å². The summed E-state index contributed by atoms with van der Waals surface area (Å²) in [6, 6.07) is 19.2. The standard InChI is InChI=1S/C17H17Cl2NO2/c18-15(19)17(22-16(20)21,11-13-7-3-1-4-8-13)12-14-9-5-2-6-10-14/h1-10,15H,11-12H2,(H2,20,21). The molecule has 116 valence electrons. The van der Waals surface area contributed by atoms with E-state index < -0.39 is 16.5 Å². The Morgan fingerprint density at radius 2 is 1.36 bits per heavy atom. The Balaban J connectivity index is 2.34. The molecule has 0 bridgehead atoms. The van der Waals surface area contributed by atoms with Gasteiger partial charge in [-0.25, -0.2) is 4.79 Å². The lowest BCUT2D eigenvalue weighted by Crippen LogP contribution is -2.47. The molecule has 0 aliphatic rings. The molecule has 0 aliphatic heterocycles. The number of rotatable bonds is 6. The summed E-state index contributed by atoms with van der Waals surface area (Å²) in [6.07, 6.45) is -0.134. The van der Waals surface area contributed by atoms with Crippen LogP contribution in [0.5, 0.6) is 0 Å². The van der Waals surface area contributed by atoms with Gasteiger partial charge >= 0.3 is 6.09 Å². The number of primary amides is 1. The van der Waals surface area contributed by atoms with E-state index in [1.165, 1.54) is 0 Å². The lowest BCUT2D eigenvalue weighted by atomic mass is 9.89. The smallest absolute Gasteiger partial charge is 0.405 e. The number of benzene rings is 2. The molecule has 2 N–H and O–H groups in total. The molecule has 1 amide bonds. The van der Waals surface area contributed by atoms with Gasteiger partial charge in [0.05, 0.1) is 0 Å². The van der Waals surface area contributed by atoms with E-state index in [9.17, 15) is 4.79 Å². The summed E-state index contributed by atoms with van der Waals surface area (Å²) < 4.78 is 5.38. The Morgan fingerprint density at radius 1 is 0.955 bits per heavy atom. The van der Waals surface area contributed by atoms with Gasteiger partial charge in [0.15, 0.2) is 5.60 Å². The quantitative estimate of drug-likeness (QED) is 0.806. The normalized spacial score (nSPS) is 11.4. The SMILES string of the molecule is NC(=O)OC(Cc1ccccc1)(Cc1ccccc1)C(Cl)Cl. The van der Waals surface area contributed by atoms with Crippen molar-refractivity contribution >= 4 is 29.3 Å². The number of ether oxygens (including phenoxy) is 1. The van der Waals surface area contributed by atoms with Crippen LogP contribution in [0.2, 0.25) is 0 Å². The van der Waals surface area contributed by atoms with E-state index in [-0.39, 0.29) is 0 Å². The molecule has 0 aliphatic carbocycles. The van der Waals surface area contributed by atoms with E-state index in [0.717, 1.165) is 11.1 Å². The summed E-state index contributed by atoms with van der Waals surface area (Å²) in [7, 11) is 0. The molecule has 5 heteroatoms. The van der Waals surface area contributed by atoms with Gasteiger partial charge in [-0.15, -0.1) is 23.2 Å². The van der Waals surface area contributed by atoms with E-state index >= 15 is 0 Å². The molecule has 2 rings (SSSR count). The van der Waals surface area contributed by atoms with E-state index in [0.29, 0.717) is 12.8 Å². The zero-order chi connectivity index (χ0) is 16.0. The predicted octanol–water partition coefficient (Wildman–Crippen LogP) is 4.11. The van der Waals surface area contributed by atoms with Crippen molar-refractivity contribution in [3.63, 3.8) is 0 Å². The third kappa shape index (κ3) is 4.39. The van der Waals surface area contributed by atoms with Crippen molar-refractivity contribution in [2.24, 2.45) is 5.73 Å². The molecule has 2 aromatic rings. The zero-order valence-corrected chi connectivity index (χ0v) is 13.4. The van der Waals surface area contributed by atoms with Gasteiger partial charge in [-0.05, 0) is 11.1 Å². The highest BCUT2D eigenvalue weighted by Crippen LogP contribution is 2.32. The van der Waals surface area contributed by atoms with Gasteiger partial charge in [-0.1, -0.05) is 60.7 Å². The fraction of sp³-hybridized carbons (Fsp3) is 0.235. The van der Waals surface area contributed by atoms with E-state index in [2.05, 4.69) is 0 Å². The van der Waals surface area contributed by atoms with Crippen molar-refractivity contribution in [2.45, 2.75) is 23.3 Å². The van der Waals surface area contributed by atoms with Gasteiger partial charge in [0.25, 0.3) is 0 Å². The van der Waals surface area contributed by atoms with Gasteiger partial charge < -0.3 is 10.5 Å². The summed E-state index contributed by atoms with van der Waals surface area (Å²) in [5.74, 6) is 0. The summed E-state index contributed by atoms with van der Waals surface area (Å²) in [6.45, 7) is 0. The fourth-order valence-corrected chi connectivity index (χ4v) is 2.81. The first-order valence-electron chi connectivity index (χ1n) is 6.86. The van der Waals surface area contributed by atoms with E-state index in [4.69, 9.17) is 33.7 Å². The lowest BCUT2D eigenvalue weighted by molar-refractivity contribution is 0.0270. The molecule has 0 spiro atoms. The van der Waals surface area contributed by atoms with Crippen LogP contribution < -0.4 is 5.73 Å². The van der Waals surface area contributed by atoms with Crippen molar-refractivity contribution in [3.8, 4) is 0 Å². The summed E-state index contributed by atoms with van der Waals surface area (Å²) in [5, 5.41) is 0. The highest BCUT2D eigenvalue weighted by atomic mass is 35.5. The third-order valence-electron chi connectivity index (χ3n) is 3.39. The highest BCUT2D eigenvalue weighted by molar-refractivity contribution is 6.45. The minimum Gasteiger partial charge on any atom is -0.439 e. The molecular formula is C17H17Cl2NO2. The second-order valence-corrected chi connectivity index (χ2v) is 6.21. The molecule has 3 nitrogen and oxygen atoms in total. The number of carbonyl (C=O) groups excluding carboxylic acids is 1. The van der Waals surface area contributed by atoms with Gasteiger partial charge in [0, 0.05) is 12.8 Å². The minimum atomic E-state index is -1.11. The molecule has 0 aromatic heterocycles. The molecular weight excluding hydrogens is 321 g/mol. The maximum absolute atomic E-state index is 11.4. The van der Waals surface area contributed by atoms with Gasteiger partial charge in [-0.2, -0.15) is 0 Å². The van der Waals surface area contributed by atoms with Crippen LogP contribution in [0.15, 0.2) is 60.7 Å². The summed E-state index contributed by atoms with van der Waals surface area (Å²) in [5.41, 5.74) is 6.06. The number of alkyl halides is 2. The molecule has 22 heavy (non-hydrogen) atoms. The lowest BCUT2D eigenvalue weighted by Gasteiger charge is -2.34. The van der Waals surface area contributed by atoms with Crippen LogP contribution in [0.3, 0.4) is 0 Å². The molecule has 0 fully saturated rings. The second kappa shape index (κ2) is 7.52. The number of amides is 1. The largest absolute Gasteiger partial charge is 0.439 e. The third-order valence-corrected chi connectivity index (χ3v) is 4.19. The molecule has 0 saturated carbocycles. The Kier molecular flexibility index (Phi) is 5.69. The first-order chi connectivity index (χ1) is 10.5. The molecule has 0 radical (unpaired) electrons. The Bertz CT molecular complexity index is 561. The van der Waals surface area contributed by atoms with Crippen molar-refractivity contribution < 1.29 is 9.53 Å². The summed E-state index contributed by atoms with van der Waals surface area (Å²) in [4.78, 5) is 10.5. The van der Waals surface area contributed by atoms with Gasteiger partial charge in [-0.3, -0.25) is 0 Å². The number of hydrogen-bond acceptors (Lipinski definition) is 2. The molecule has 0 heterocycles.